The molecule has 2 unspecified atom stereocenters. The molecule has 0 aliphatic heterocycles. The van der Waals surface area contributed by atoms with Crippen molar-refractivity contribution >= 4 is 6.08 Å². The molecule has 3 heteroatoms. The summed E-state index contributed by atoms with van der Waals surface area (Å²) in [6.45, 7) is 2.13. The molecule has 0 radical (unpaired) electrons. The first-order chi connectivity index (χ1) is 7.73. The maximum absolute atomic E-state index is 10.5. The number of nitrogens with zero attached hydrogens (tertiary/aromatic N) is 2. The molecular formula is C13H12N2O. The van der Waals surface area contributed by atoms with Gasteiger partial charge in [-0.2, -0.15) is 10.3 Å². The Morgan fingerprint density at radius 3 is 2.94 bits per heavy atom. The Morgan fingerprint density at radius 1 is 1.50 bits per heavy atom. The second kappa shape index (κ2) is 3.92. The Balaban J connectivity index is 2.66. The fourth-order valence-corrected chi connectivity index (χ4v) is 2.35. The van der Waals surface area contributed by atoms with Crippen LogP contribution in [0.1, 0.15) is 36.8 Å². The molecule has 0 saturated carbocycles. The third-order valence-corrected chi connectivity index (χ3v) is 3.30. The topological polar surface area (TPSA) is 53.2 Å². The number of isocyanates is 1. The normalized spacial score (nSPS) is 27.4. The maximum atomic E-state index is 10.5. The van der Waals surface area contributed by atoms with E-state index in [4.69, 9.17) is 0 Å². The summed E-state index contributed by atoms with van der Waals surface area (Å²) in [5.41, 5.74) is 0.971. The van der Waals surface area contributed by atoms with Gasteiger partial charge >= 0.3 is 0 Å². The van der Waals surface area contributed by atoms with Crippen LogP contribution in [0.2, 0.25) is 0 Å². The number of fused-ring (bicyclic) bond motifs is 1. The van der Waals surface area contributed by atoms with Crippen LogP contribution in [0, 0.1) is 11.3 Å². The quantitative estimate of drug-likeness (QED) is 0.530. The summed E-state index contributed by atoms with van der Waals surface area (Å²) >= 11 is 0. The van der Waals surface area contributed by atoms with Gasteiger partial charge in [0.1, 0.15) is 0 Å². The third-order valence-electron chi connectivity index (χ3n) is 3.30. The van der Waals surface area contributed by atoms with E-state index >= 15 is 0 Å². The highest BCUT2D eigenvalue weighted by Crippen LogP contribution is 2.42. The van der Waals surface area contributed by atoms with Gasteiger partial charge in [-0.1, -0.05) is 31.2 Å². The average molecular weight is 212 g/mol. The van der Waals surface area contributed by atoms with Gasteiger partial charge < -0.3 is 0 Å². The first kappa shape index (κ1) is 10.6. The van der Waals surface area contributed by atoms with Crippen LogP contribution in [0.4, 0.5) is 0 Å². The summed E-state index contributed by atoms with van der Waals surface area (Å²) in [4.78, 5) is 14.2. The largest absolute Gasteiger partial charge is 0.236 e. The van der Waals surface area contributed by atoms with Crippen molar-refractivity contribution in [2.75, 3.05) is 0 Å². The molecule has 0 amide bonds. The van der Waals surface area contributed by atoms with Gasteiger partial charge in [0.05, 0.1) is 6.07 Å². The molecule has 0 fully saturated rings. The van der Waals surface area contributed by atoms with Crippen molar-refractivity contribution < 1.29 is 4.79 Å². The number of hydrogen-bond donors (Lipinski definition) is 0. The minimum absolute atomic E-state index is 0.416. The van der Waals surface area contributed by atoms with E-state index in [1.54, 1.807) is 0 Å². The van der Waals surface area contributed by atoms with Crippen LogP contribution in [0.3, 0.4) is 0 Å². The number of benzene rings is 1. The number of rotatable bonds is 1. The summed E-state index contributed by atoms with van der Waals surface area (Å²) in [5.74, 6) is 0.416. The van der Waals surface area contributed by atoms with Gasteiger partial charge in [0.2, 0.25) is 6.08 Å². The predicted molar refractivity (Wildman–Crippen MR) is 59.5 cm³/mol. The zero-order valence-corrected chi connectivity index (χ0v) is 9.10. The lowest BCUT2D eigenvalue weighted by Gasteiger charge is -2.32. The Kier molecular flexibility index (Phi) is 2.60. The molecule has 80 valence electrons. The zero-order valence-electron chi connectivity index (χ0n) is 9.10. The lowest BCUT2D eigenvalue weighted by atomic mass is 9.73. The molecule has 0 heterocycles. The fraction of sp³-hybridized carbons (Fsp3) is 0.385. The van der Waals surface area contributed by atoms with E-state index < -0.39 is 5.54 Å². The van der Waals surface area contributed by atoms with E-state index in [0.717, 1.165) is 17.5 Å². The zero-order chi connectivity index (χ0) is 11.6. The van der Waals surface area contributed by atoms with Crippen LogP contribution in [0.5, 0.6) is 0 Å². The summed E-state index contributed by atoms with van der Waals surface area (Å²) in [6.07, 6.45) is 3.00. The fourth-order valence-electron chi connectivity index (χ4n) is 2.35. The second-order valence-corrected chi connectivity index (χ2v) is 4.20. The molecular weight excluding hydrogens is 200 g/mol. The Hall–Kier alpha value is -1.91. The highest BCUT2D eigenvalue weighted by Gasteiger charge is 2.38. The average Bonchev–Trinajstić information content (AvgIpc) is 2.34. The van der Waals surface area contributed by atoms with Crippen molar-refractivity contribution in [3.05, 3.63) is 35.4 Å². The van der Waals surface area contributed by atoms with Crippen molar-refractivity contribution in [2.45, 2.75) is 31.2 Å². The van der Waals surface area contributed by atoms with Gasteiger partial charge in [-0.05, 0) is 29.9 Å². The van der Waals surface area contributed by atoms with E-state index in [-0.39, 0.29) is 0 Å². The highest BCUT2D eigenvalue weighted by atomic mass is 16.1. The second-order valence-electron chi connectivity index (χ2n) is 4.20. The molecule has 0 bridgehead atoms. The first-order valence-corrected chi connectivity index (χ1v) is 5.33. The van der Waals surface area contributed by atoms with Gasteiger partial charge in [0, 0.05) is 0 Å². The van der Waals surface area contributed by atoms with Crippen molar-refractivity contribution in [2.24, 2.45) is 4.99 Å². The van der Waals surface area contributed by atoms with Crippen LogP contribution in [0.15, 0.2) is 29.3 Å². The SMILES string of the molecule is CC1CCC(C#N)(N=C=O)c2ccccc21. The molecule has 3 nitrogen and oxygen atoms in total. The number of aliphatic imine (C=N–C) groups is 1. The van der Waals surface area contributed by atoms with Crippen molar-refractivity contribution in [1.29, 1.82) is 5.26 Å². The molecule has 0 N–H and O–H groups in total. The van der Waals surface area contributed by atoms with Gasteiger partial charge in [0.25, 0.3) is 0 Å². The standard InChI is InChI=1S/C13H12N2O/c1-10-6-7-13(8-14,15-9-16)12-5-3-2-4-11(10)12/h2-5,10H,6-7H2,1H3. The van der Waals surface area contributed by atoms with E-state index in [2.05, 4.69) is 18.0 Å². The molecule has 1 aliphatic carbocycles. The monoisotopic (exact) mass is 212 g/mol. The van der Waals surface area contributed by atoms with E-state index in [1.165, 1.54) is 6.08 Å². The molecule has 1 aromatic carbocycles. The van der Waals surface area contributed by atoms with Crippen LogP contribution >= 0.6 is 0 Å². The van der Waals surface area contributed by atoms with Crippen molar-refractivity contribution in [3.8, 4) is 6.07 Å². The van der Waals surface area contributed by atoms with Gasteiger partial charge in [-0.25, -0.2) is 4.79 Å². The summed E-state index contributed by atoms with van der Waals surface area (Å²) in [6, 6.07) is 9.89. The molecule has 1 aliphatic rings. The molecule has 2 rings (SSSR count). The number of hydrogen-bond acceptors (Lipinski definition) is 3. The van der Waals surface area contributed by atoms with Crippen LogP contribution in [-0.4, -0.2) is 6.08 Å². The first-order valence-electron chi connectivity index (χ1n) is 5.33. The maximum Gasteiger partial charge on any atom is 0.236 e. The van der Waals surface area contributed by atoms with Crippen LogP contribution in [-0.2, 0) is 10.3 Å². The lowest BCUT2D eigenvalue weighted by Crippen LogP contribution is -2.28. The van der Waals surface area contributed by atoms with Crippen molar-refractivity contribution in [3.63, 3.8) is 0 Å². The van der Waals surface area contributed by atoms with E-state index in [9.17, 15) is 10.1 Å². The van der Waals surface area contributed by atoms with E-state index in [1.807, 2.05) is 24.3 Å². The van der Waals surface area contributed by atoms with Crippen molar-refractivity contribution in [1.82, 2.24) is 0 Å². The van der Waals surface area contributed by atoms with Gasteiger partial charge in [0.15, 0.2) is 5.54 Å². The van der Waals surface area contributed by atoms with Gasteiger partial charge in [-0.15, -0.1) is 0 Å². The van der Waals surface area contributed by atoms with Gasteiger partial charge in [-0.3, -0.25) is 0 Å². The predicted octanol–water partition coefficient (Wildman–Crippen LogP) is 2.64. The molecule has 1 aromatic rings. The number of nitriles is 1. The Labute approximate surface area is 94.4 Å². The minimum atomic E-state index is -1.01. The van der Waals surface area contributed by atoms with Crippen LogP contribution < -0.4 is 0 Å². The smallest absolute Gasteiger partial charge is 0.211 e. The molecule has 16 heavy (non-hydrogen) atoms. The van der Waals surface area contributed by atoms with E-state index in [0.29, 0.717) is 12.3 Å². The lowest BCUT2D eigenvalue weighted by molar-refractivity contribution is 0.432. The summed E-state index contributed by atoms with van der Waals surface area (Å²) in [5, 5.41) is 9.28. The third kappa shape index (κ3) is 1.44. The highest BCUT2D eigenvalue weighted by molar-refractivity contribution is 5.47. The summed E-state index contributed by atoms with van der Waals surface area (Å²) in [7, 11) is 0. The molecule has 0 spiro atoms. The number of carbonyl (C=O) groups excluding carboxylic acids is 1. The Bertz CT molecular complexity index is 497. The molecule has 0 aromatic heterocycles. The minimum Gasteiger partial charge on any atom is -0.211 e. The molecule has 2 atom stereocenters. The molecule has 0 saturated heterocycles. The summed E-state index contributed by atoms with van der Waals surface area (Å²) < 4.78 is 0. The Morgan fingerprint density at radius 2 is 2.25 bits per heavy atom. The van der Waals surface area contributed by atoms with Crippen LogP contribution in [0.25, 0.3) is 0 Å².